The van der Waals surface area contributed by atoms with Crippen LogP contribution in [0.3, 0.4) is 0 Å². The van der Waals surface area contributed by atoms with Gasteiger partial charge in [-0.25, -0.2) is 4.68 Å². The van der Waals surface area contributed by atoms with Crippen LogP contribution >= 0.6 is 0 Å². The number of para-hydroxylation sites is 2. The van der Waals surface area contributed by atoms with Gasteiger partial charge in [-0.15, -0.1) is 0 Å². The molecule has 1 aliphatic rings. The van der Waals surface area contributed by atoms with Crippen LogP contribution in [0.5, 0.6) is 0 Å². The minimum atomic E-state index is 0.0181. The Kier molecular flexibility index (Phi) is 4.20. The van der Waals surface area contributed by atoms with E-state index in [1.807, 2.05) is 53.3 Å². The van der Waals surface area contributed by atoms with Gasteiger partial charge in [0, 0.05) is 30.2 Å². The van der Waals surface area contributed by atoms with Crippen LogP contribution in [0.25, 0.3) is 16.6 Å². The van der Waals surface area contributed by atoms with Crippen LogP contribution in [-0.2, 0) is 24.2 Å². The lowest BCUT2D eigenvalue weighted by atomic mass is 10.2. The van der Waals surface area contributed by atoms with E-state index in [2.05, 4.69) is 28.1 Å². The molecule has 0 radical (unpaired) electrons. The average Bonchev–Trinajstić information content (AvgIpc) is 3.43. The molecule has 0 unspecified atom stereocenters. The van der Waals surface area contributed by atoms with Crippen molar-refractivity contribution in [3.8, 4) is 5.69 Å². The van der Waals surface area contributed by atoms with Gasteiger partial charge in [0.25, 0.3) is 0 Å². The summed E-state index contributed by atoms with van der Waals surface area (Å²) in [5.41, 5.74) is 4.42. The Morgan fingerprint density at radius 2 is 1.82 bits per heavy atom. The number of benzene rings is 2. The van der Waals surface area contributed by atoms with Crippen LogP contribution in [0.15, 0.2) is 66.9 Å². The average molecular weight is 370 g/mol. The third kappa shape index (κ3) is 2.99. The summed E-state index contributed by atoms with van der Waals surface area (Å²) in [6, 6.07) is 20.3. The van der Waals surface area contributed by atoms with Crippen molar-refractivity contribution in [3.05, 3.63) is 78.1 Å². The lowest BCUT2D eigenvalue weighted by Crippen LogP contribution is -2.17. The third-order valence-electron chi connectivity index (χ3n) is 5.43. The molecule has 4 aromatic rings. The van der Waals surface area contributed by atoms with Crippen molar-refractivity contribution >= 4 is 22.6 Å². The second-order valence-electron chi connectivity index (χ2n) is 7.24. The van der Waals surface area contributed by atoms with E-state index in [0.29, 0.717) is 13.0 Å². The number of anilines is 1. The fourth-order valence-corrected chi connectivity index (χ4v) is 4.03. The maximum atomic E-state index is 12.8. The maximum Gasteiger partial charge on any atom is 0.227 e. The summed E-state index contributed by atoms with van der Waals surface area (Å²) in [7, 11) is 0. The fraction of sp³-hybridized carbons (Fsp3) is 0.217. The van der Waals surface area contributed by atoms with Gasteiger partial charge in [-0.1, -0.05) is 36.4 Å². The number of fused-ring (bicyclic) bond motifs is 2. The Morgan fingerprint density at radius 1 is 1.00 bits per heavy atom. The predicted molar refractivity (Wildman–Crippen MR) is 111 cm³/mol. The molecule has 0 bridgehead atoms. The number of rotatable bonds is 5. The van der Waals surface area contributed by atoms with Crippen molar-refractivity contribution in [2.24, 2.45) is 0 Å². The third-order valence-corrected chi connectivity index (χ3v) is 5.43. The lowest BCUT2D eigenvalue weighted by molar-refractivity contribution is -0.116. The van der Waals surface area contributed by atoms with Gasteiger partial charge in [0.05, 0.1) is 11.4 Å². The predicted octanol–water partition coefficient (Wildman–Crippen LogP) is 4.34. The van der Waals surface area contributed by atoms with Crippen molar-refractivity contribution in [3.63, 3.8) is 0 Å². The molecule has 0 aliphatic heterocycles. The van der Waals surface area contributed by atoms with Crippen LogP contribution in [0.4, 0.5) is 5.82 Å². The second kappa shape index (κ2) is 7.00. The molecule has 0 fully saturated rings. The van der Waals surface area contributed by atoms with E-state index < -0.39 is 0 Å². The first-order valence-electron chi connectivity index (χ1n) is 9.79. The highest BCUT2D eigenvalue weighted by Crippen LogP contribution is 2.31. The molecule has 1 aliphatic carbocycles. The number of aromatic nitrogens is 3. The molecule has 5 rings (SSSR count). The molecule has 2 aromatic heterocycles. The molecule has 0 spiro atoms. The van der Waals surface area contributed by atoms with Gasteiger partial charge in [0.1, 0.15) is 5.82 Å². The molecule has 2 aromatic carbocycles. The van der Waals surface area contributed by atoms with Crippen LogP contribution in [0.1, 0.15) is 24.1 Å². The van der Waals surface area contributed by atoms with Crippen LogP contribution < -0.4 is 5.32 Å². The first-order chi connectivity index (χ1) is 13.8. The van der Waals surface area contributed by atoms with Gasteiger partial charge in [0.2, 0.25) is 5.91 Å². The van der Waals surface area contributed by atoms with Gasteiger partial charge in [-0.2, -0.15) is 5.10 Å². The Morgan fingerprint density at radius 3 is 2.71 bits per heavy atom. The summed E-state index contributed by atoms with van der Waals surface area (Å²) in [5, 5.41) is 9.11. The van der Waals surface area contributed by atoms with Crippen molar-refractivity contribution in [1.82, 2.24) is 14.3 Å². The van der Waals surface area contributed by atoms with Crippen LogP contribution in [0.2, 0.25) is 0 Å². The zero-order valence-electron chi connectivity index (χ0n) is 15.6. The monoisotopic (exact) mass is 370 g/mol. The van der Waals surface area contributed by atoms with Gasteiger partial charge >= 0.3 is 0 Å². The second-order valence-corrected chi connectivity index (χ2v) is 7.24. The van der Waals surface area contributed by atoms with E-state index in [-0.39, 0.29) is 5.91 Å². The largest absolute Gasteiger partial charge is 0.347 e. The highest BCUT2D eigenvalue weighted by molar-refractivity contribution is 5.91. The lowest BCUT2D eigenvalue weighted by Gasteiger charge is -2.11. The molecule has 0 saturated carbocycles. The first-order valence-corrected chi connectivity index (χ1v) is 9.79. The minimum absolute atomic E-state index is 0.0181. The van der Waals surface area contributed by atoms with E-state index in [1.54, 1.807) is 0 Å². The molecule has 0 atom stereocenters. The molecule has 2 heterocycles. The first kappa shape index (κ1) is 16.8. The van der Waals surface area contributed by atoms with E-state index in [4.69, 9.17) is 5.10 Å². The summed E-state index contributed by atoms with van der Waals surface area (Å²) < 4.78 is 4.01. The van der Waals surface area contributed by atoms with E-state index in [1.165, 1.54) is 10.9 Å². The van der Waals surface area contributed by atoms with Crippen molar-refractivity contribution < 1.29 is 4.79 Å². The summed E-state index contributed by atoms with van der Waals surface area (Å²) in [6.45, 7) is 0.654. The summed E-state index contributed by atoms with van der Waals surface area (Å²) in [6.07, 6.45) is 5.52. The Hall–Kier alpha value is -3.34. The van der Waals surface area contributed by atoms with Gasteiger partial charge < -0.3 is 9.88 Å². The summed E-state index contributed by atoms with van der Waals surface area (Å²) in [4.78, 5) is 12.8. The highest BCUT2D eigenvalue weighted by Gasteiger charge is 2.24. The summed E-state index contributed by atoms with van der Waals surface area (Å²) >= 11 is 0. The standard InChI is InChI=1S/C23H22N4O/c28-22(14-16-26-15-13-17-7-4-5-12-21(17)26)24-23-19-10-6-11-20(19)25-27(23)18-8-2-1-3-9-18/h1-5,7-9,12-13,15H,6,10-11,14,16H2,(H,24,28). The molecule has 5 nitrogen and oxygen atoms in total. The topological polar surface area (TPSA) is 51.9 Å². The van der Waals surface area contributed by atoms with E-state index >= 15 is 0 Å². The fourth-order valence-electron chi connectivity index (χ4n) is 4.03. The molecule has 140 valence electrons. The number of carbonyl (C=O) groups is 1. The molecule has 28 heavy (non-hydrogen) atoms. The molecule has 0 saturated heterocycles. The molecule has 5 heteroatoms. The zero-order valence-corrected chi connectivity index (χ0v) is 15.6. The number of hydrogen-bond acceptors (Lipinski definition) is 2. The van der Waals surface area contributed by atoms with Gasteiger partial charge in [-0.05, 0) is 48.9 Å². The summed E-state index contributed by atoms with van der Waals surface area (Å²) in [5.74, 6) is 0.852. The minimum Gasteiger partial charge on any atom is -0.347 e. The normalized spacial score (nSPS) is 13.0. The van der Waals surface area contributed by atoms with Gasteiger partial charge in [0.15, 0.2) is 0 Å². The van der Waals surface area contributed by atoms with E-state index in [9.17, 15) is 4.79 Å². The highest BCUT2D eigenvalue weighted by atomic mass is 16.1. The van der Waals surface area contributed by atoms with Crippen LogP contribution in [-0.4, -0.2) is 20.3 Å². The molecule has 1 N–H and O–H groups in total. The van der Waals surface area contributed by atoms with Gasteiger partial charge in [-0.3, -0.25) is 4.79 Å². The Bertz CT molecular complexity index is 1140. The number of nitrogens with one attached hydrogen (secondary N) is 1. The van der Waals surface area contributed by atoms with Crippen molar-refractivity contribution in [1.29, 1.82) is 0 Å². The quantitative estimate of drug-likeness (QED) is 0.568. The van der Waals surface area contributed by atoms with E-state index in [0.717, 1.165) is 42.0 Å². The SMILES string of the molecule is O=C(CCn1ccc2ccccc21)Nc1c2c(nn1-c1ccccc1)CCC2. The number of nitrogens with zero attached hydrogens (tertiary/aromatic N) is 3. The smallest absolute Gasteiger partial charge is 0.227 e. The molecular weight excluding hydrogens is 348 g/mol. The van der Waals surface area contributed by atoms with Crippen LogP contribution in [0, 0.1) is 0 Å². The molecule has 1 amide bonds. The maximum absolute atomic E-state index is 12.8. The number of hydrogen-bond donors (Lipinski definition) is 1. The number of aryl methyl sites for hydroxylation is 2. The number of carbonyl (C=O) groups excluding carboxylic acids is 1. The Labute approximate surface area is 163 Å². The molecular formula is C23H22N4O. The van der Waals surface area contributed by atoms with Crippen molar-refractivity contribution in [2.75, 3.05) is 5.32 Å². The Balaban J connectivity index is 1.36. The number of amides is 1. The van der Waals surface area contributed by atoms with Crippen molar-refractivity contribution in [2.45, 2.75) is 32.2 Å². The zero-order chi connectivity index (χ0) is 18.9.